The van der Waals surface area contributed by atoms with Gasteiger partial charge in [-0.25, -0.2) is 22.5 Å². The van der Waals surface area contributed by atoms with Gasteiger partial charge in [0.05, 0.1) is 16.8 Å². The van der Waals surface area contributed by atoms with Crippen molar-refractivity contribution in [3.63, 3.8) is 0 Å². The van der Waals surface area contributed by atoms with E-state index in [0.29, 0.717) is 23.4 Å². The Kier molecular flexibility index (Phi) is 7.35. The lowest BCUT2D eigenvalue weighted by atomic mass is 10.1. The molecule has 0 radical (unpaired) electrons. The number of ether oxygens (including phenoxy) is 1. The largest absolute Gasteiger partial charge is 0.473 e. The van der Waals surface area contributed by atoms with Gasteiger partial charge in [-0.15, -0.1) is 0 Å². The van der Waals surface area contributed by atoms with Gasteiger partial charge in [0.15, 0.2) is 0 Å². The van der Waals surface area contributed by atoms with Crippen molar-refractivity contribution in [2.45, 2.75) is 25.0 Å². The number of rotatable bonds is 7. The van der Waals surface area contributed by atoms with Gasteiger partial charge < -0.3 is 15.2 Å². The van der Waals surface area contributed by atoms with E-state index in [-0.39, 0.29) is 30.1 Å². The van der Waals surface area contributed by atoms with Crippen molar-refractivity contribution < 1.29 is 23.1 Å². The van der Waals surface area contributed by atoms with Crippen LogP contribution in [0.2, 0.25) is 10.0 Å². The Morgan fingerprint density at radius 3 is 2.67 bits per heavy atom. The first-order valence-electron chi connectivity index (χ1n) is 9.09. The maximum absolute atomic E-state index is 12.9. The molecular weight excluding hydrogens is 455 g/mol. The molecule has 2 aromatic heterocycles. The summed E-state index contributed by atoms with van der Waals surface area (Å²) in [6.07, 6.45) is 3.75. The Bertz CT molecular complexity index is 985. The zero-order chi connectivity index (χ0) is 21.7. The van der Waals surface area contributed by atoms with E-state index in [2.05, 4.69) is 15.3 Å². The van der Waals surface area contributed by atoms with Gasteiger partial charge in [0.25, 0.3) is 0 Å². The highest BCUT2D eigenvalue weighted by Gasteiger charge is 2.32. The van der Waals surface area contributed by atoms with Crippen molar-refractivity contribution in [2.24, 2.45) is 0 Å². The molecule has 0 aromatic carbocycles. The van der Waals surface area contributed by atoms with Gasteiger partial charge in [-0.05, 0) is 30.5 Å². The smallest absolute Gasteiger partial charge is 0.405 e. The predicted molar refractivity (Wildman–Crippen MR) is 111 cm³/mol. The summed E-state index contributed by atoms with van der Waals surface area (Å²) in [6, 6.07) is 3.86. The zero-order valence-electron chi connectivity index (χ0n) is 15.7. The number of nitrogens with one attached hydrogen (secondary N) is 1. The minimum atomic E-state index is -3.72. The summed E-state index contributed by atoms with van der Waals surface area (Å²) in [6.45, 7) is 0.482. The van der Waals surface area contributed by atoms with E-state index < -0.39 is 27.9 Å². The number of pyridine rings is 2. The first-order valence-corrected chi connectivity index (χ1v) is 11.5. The van der Waals surface area contributed by atoms with E-state index in [4.69, 9.17) is 33.0 Å². The van der Waals surface area contributed by atoms with Crippen LogP contribution in [-0.4, -0.2) is 58.8 Å². The Hall–Kier alpha value is -2.14. The molecule has 1 aliphatic heterocycles. The molecule has 1 aliphatic rings. The molecule has 9 nitrogen and oxygen atoms in total. The van der Waals surface area contributed by atoms with Crippen LogP contribution in [0.15, 0.2) is 36.8 Å². The quantitative estimate of drug-likeness (QED) is 0.632. The van der Waals surface area contributed by atoms with Crippen molar-refractivity contribution in [1.82, 2.24) is 19.6 Å². The maximum Gasteiger partial charge on any atom is 0.405 e. The fraction of sp³-hybridized carbons (Fsp3) is 0.389. The Labute approximate surface area is 184 Å². The van der Waals surface area contributed by atoms with Crippen molar-refractivity contribution in [3.8, 4) is 5.88 Å². The molecule has 12 heteroatoms. The van der Waals surface area contributed by atoms with Crippen LogP contribution in [-0.2, 0) is 10.0 Å². The SMILES string of the molecule is O=C(O)NC(CS(=O)(=O)N1CCC(Oc2ncc(Cl)cc2Cl)CC1)c1cccnc1. The summed E-state index contributed by atoms with van der Waals surface area (Å²) < 4.78 is 32.9. The highest BCUT2D eigenvalue weighted by molar-refractivity contribution is 7.89. The highest BCUT2D eigenvalue weighted by Crippen LogP contribution is 2.28. The molecule has 30 heavy (non-hydrogen) atoms. The standard InChI is InChI=1S/C18H20Cl2N4O5S/c19-13-8-15(20)17(22-10-13)29-14-3-6-24(7-4-14)30(27,28)11-16(23-18(25)26)12-2-1-5-21-9-12/h1-2,5,8-10,14,16,23H,3-4,6-7,11H2,(H,25,26). The number of amides is 1. The number of halogens is 2. The maximum atomic E-state index is 12.9. The van der Waals surface area contributed by atoms with Gasteiger partial charge in [0.1, 0.15) is 11.1 Å². The van der Waals surface area contributed by atoms with Crippen LogP contribution in [0.3, 0.4) is 0 Å². The lowest BCUT2D eigenvalue weighted by Crippen LogP contribution is -2.45. The lowest BCUT2D eigenvalue weighted by molar-refractivity contribution is 0.130. The number of sulfonamides is 1. The summed E-state index contributed by atoms with van der Waals surface area (Å²) in [4.78, 5) is 19.1. The third-order valence-electron chi connectivity index (χ3n) is 4.61. The zero-order valence-corrected chi connectivity index (χ0v) is 18.1. The Morgan fingerprint density at radius 2 is 2.07 bits per heavy atom. The summed E-state index contributed by atoms with van der Waals surface area (Å²) in [5.41, 5.74) is 0.477. The summed E-state index contributed by atoms with van der Waals surface area (Å²) in [5, 5.41) is 12.0. The van der Waals surface area contributed by atoms with Gasteiger partial charge in [-0.3, -0.25) is 4.98 Å². The van der Waals surface area contributed by atoms with E-state index in [1.54, 1.807) is 12.1 Å². The van der Waals surface area contributed by atoms with Gasteiger partial charge in [-0.2, -0.15) is 0 Å². The molecule has 1 saturated heterocycles. The monoisotopic (exact) mass is 474 g/mol. The van der Waals surface area contributed by atoms with Gasteiger partial charge in [-0.1, -0.05) is 29.3 Å². The van der Waals surface area contributed by atoms with Crippen molar-refractivity contribution in [1.29, 1.82) is 0 Å². The van der Waals surface area contributed by atoms with Crippen LogP contribution in [0.5, 0.6) is 5.88 Å². The van der Waals surface area contributed by atoms with E-state index in [9.17, 15) is 13.2 Å². The molecule has 2 N–H and O–H groups in total. The van der Waals surface area contributed by atoms with Crippen LogP contribution in [0.1, 0.15) is 24.4 Å². The highest BCUT2D eigenvalue weighted by atomic mass is 35.5. The molecule has 1 amide bonds. The molecular formula is C18H20Cl2N4O5S. The van der Waals surface area contributed by atoms with Crippen LogP contribution >= 0.6 is 23.2 Å². The molecule has 1 fully saturated rings. The molecule has 162 valence electrons. The molecule has 0 aliphatic carbocycles. The molecule has 3 heterocycles. The molecule has 0 bridgehead atoms. The average Bonchev–Trinajstić information content (AvgIpc) is 2.70. The minimum absolute atomic E-state index is 0.241. The normalized spacial score (nSPS) is 16.7. The number of carboxylic acid groups (broad SMARTS) is 1. The van der Waals surface area contributed by atoms with Gasteiger partial charge in [0.2, 0.25) is 15.9 Å². The van der Waals surface area contributed by atoms with Crippen molar-refractivity contribution in [3.05, 3.63) is 52.4 Å². The molecule has 2 aromatic rings. The van der Waals surface area contributed by atoms with E-state index in [1.807, 2.05) is 0 Å². The van der Waals surface area contributed by atoms with E-state index >= 15 is 0 Å². The van der Waals surface area contributed by atoms with E-state index in [0.717, 1.165) is 0 Å². The first kappa shape index (κ1) is 22.5. The second kappa shape index (κ2) is 9.78. The molecule has 3 rings (SSSR count). The number of nitrogens with zero attached hydrogens (tertiary/aromatic N) is 3. The molecule has 1 atom stereocenters. The second-order valence-corrected chi connectivity index (χ2v) is 9.58. The fourth-order valence-electron chi connectivity index (χ4n) is 3.14. The van der Waals surface area contributed by atoms with Gasteiger partial charge >= 0.3 is 6.09 Å². The summed E-state index contributed by atoms with van der Waals surface area (Å²) in [7, 11) is -3.72. The van der Waals surface area contributed by atoms with Crippen LogP contribution in [0.4, 0.5) is 4.79 Å². The lowest BCUT2D eigenvalue weighted by Gasteiger charge is -2.32. The number of piperidine rings is 1. The molecule has 1 unspecified atom stereocenters. The van der Waals surface area contributed by atoms with Crippen LogP contribution in [0.25, 0.3) is 0 Å². The summed E-state index contributed by atoms with van der Waals surface area (Å²) in [5.74, 6) is -0.147. The topological polar surface area (TPSA) is 122 Å². The Balaban J connectivity index is 1.62. The first-order chi connectivity index (χ1) is 14.2. The molecule has 0 saturated carbocycles. The van der Waals surface area contributed by atoms with Crippen molar-refractivity contribution >= 4 is 39.3 Å². The third kappa shape index (κ3) is 5.94. The molecule has 0 spiro atoms. The number of hydrogen-bond donors (Lipinski definition) is 2. The third-order valence-corrected chi connectivity index (χ3v) is 6.99. The average molecular weight is 475 g/mol. The van der Waals surface area contributed by atoms with Crippen LogP contribution < -0.4 is 10.1 Å². The number of aromatic nitrogens is 2. The number of carbonyl (C=O) groups is 1. The summed E-state index contributed by atoms with van der Waals surface area (Å²) >= 11 is 11.9. The minimum Gasteiger partial charge on any atom is -0.473 e. The Morgan fingerprint density at radius 1 is 1.33 bits per heavy atom. The fourth-order valence-corrected chi connectivity index (χ4v) is 5.24. The predicted octanol–water partition coefficient (Wildman–Crippen LogP) is 2.97. The van der Waals surface area contributed by atoms with Gasteiger partial charge in [0, 0.05) is 31.7 Å². The number of hydrogen-bond acceptors (Lipinski definition) is 6. The van der Waals surface area contributed by atoms with Crippen molar-refractivity contribution in [2.75, 3.05) is 18.8 Å². The van der Waals surface area contributed by atoms with Crippen LogP contribution in [0, 0.1) is 0 Å². The second-order valence-electron chi connectivity index (χ2n) is 6.72. The van der Waals surface area contributed by atoms with E-state index in [1.165, 1.54) is 29.0 Å².